The van der Waals surface area contributed by atoms with Gasteiger partial charge in [0.15, 0.2) is 0 Å². The zero-order valence-corrected chi connectivity index (χ0v) is 22.4. The van der Waals surface area contributed by atoms with Crippen molar-refractivity contribution in [2.75, 3.05) is 14.2 Å². The van der Waals surface area contributed by atoms with Crippen LogP contribution in [0.15, 0.2) is 35.4 Å². The third-order valence-corrected chi connectivity index (χ3v) is 6.75. The van der Waals surface area contributed by atoms with Gasteiger partial charge >= 0.3 is 0 Å². The lowest BCUT2D eigenvalue weighted by atomic mass is 9.93. The van der Waals surface area contributed by atoms with Crippen LogP contribution in [0.5, 0.6) is 11.5 Å². The van der Waals surface area contributed by atoms with Gasteiger partial charge in [0, 0.05) is 17.9 Å². The van der Waals surface area contributed by atoms with Crippen molar-refractivity contribution in [3.63, 3.8) is 0 Å². The second kappa shape index (κ2) is 12.6. The number of carbonyl (C=O) groups excluding carboxylic acids is 1. The van der Waals surface area contributed by atoms with E-state index in [-0.39, 0.29) is 17.6 Å². The first-order valence-electron chi connectivity index (χ1n) is 12.4. The summed E-state index contributed by atoms with van der Waals surface area (Å²) in [5.74, 6) is 2.04. The zero-order valence-electron chi connectivity index (χ0n) is 22.4. The van der Waals surface area contributed by atoms with Gasteiger partial charge in [-0.25, -0.2) is 0 Å². The number of Topliss-reactive ketones (excluding diaryl/α,β-unsaturated/α-hetero) is 1. The van der Waals surface area contributed by atoms with E-state index >= 15 is 0 Å². The molecule has 0 aliphatic carbocycles. The number of ether oxygens (including phenoxy) is 3. The number of ketones is 1. The van der Waals surface area contributed by atoms with Crippen LogP contribution in [0.1, 0.15) is 77.8 Å². The smallest absolute Gasteiger partial charge is 0.138 e. The van der Waals surface area contributed by atoms with Gasteiger partial charge in [0.05, 0.1) is 32.0 Å². The second-order valence-corrected chi connectivity index (χ2v) is 10.3. The van der Waals surface area contributed by atoms with E-state index in [2.05, 4.69) is 13.0 Å². The number of carbonyl (C=O) groups is 1. The summed E-state index contributed by atoms with van der Waals surface area (Å²) in [5.41, 5.74) is 4.28. The van der Waals surface area contributed by atoms with E-state index in [9.17, 15) is 9.90 Å². The van der Waals surface area contributed by atoms with Gasteiger partial charge in [0.2, 0.25) is 0 Å². The molecule has 3 atom stereocenters. The molecule has 1 aliphatic rings. The average molecular weight is 473 g/mol. The molecule has 0 unspecified atom stereocenters. The van der Waals surface area contributed by atoms with Crippen molar-refractivity contribution in [1.82, 2.24) is 0 Å². The molecule has 0 amide bonds. The number of aliphatic hydroxyl groups is 1. The highest BCUT2D eigenvalue weighted by molar-refractivity contribution is 5.81. The van der Waals surface area contributed by atoms with E-state index in [0.717, 1.165) is 59.5 Å². The maximum atomic E-state index is 12.4. The van der Waals surface area contributed by atoms with Crippen molar-refractivity contribution >= 4 is 5.78 Å². The van der Waals surface area contributed by atoms with E-state index in [4.69, 9.17) is 14.2 Å². The molecule has 0 radical (unpaired) electrons. The van der Waals surface area contributed by atoms with Gasteiger partial charge in [-0.1, -0.05) is 30.2 Å². The second-order valence-electron chi connectivity index (χ2n) is 10.3. The zero-order chi connectivity index (χ0) is 25.5. The lowest BCUT2D eigenvalue weighted by molar-refractivity contribution is -0.122. The number of hydrogen-bond acceptors (Lipinski definition) is 5. The Hall–Kier alpha value is -2.11. The molecule has 190 valence electrons. The summed E-state index contributed by atoms with van der Waals surface area (Å²) in [6.07, 6.45) is 8.20. The van der Waals surface area contributed by atoms with Crippen molar-refractivity contribution in [2.24, 2.45) is 5.92 Å². The van der Waals surface area contributed by atoms with Crippen molar-refractivity contribution < 1.29 is 24.1 Å². The first-order valence-corrected chi connectivity index (χ1v) is 12.4. The molecular formula is C29H44O5. The Bertz CT molecular complexity index is 896. The molecule has 1 aromatic rings. The Morgan fingerprint density at radius 2 is 1.88 bits per heavy atom. The maximum absolute atomic E-state index is 12.4. The fraction of sp³-hybridized carbons (Fsp3) is 0.621. The van der Waals surface area contributed by atoms with Gasteiger partial charge in [-0.05, 0) is 84.4 Å². The summed E-state index contributed by atoms with van der Waals surface area (Å²) < 4.78 is 16.5. The Kier molecular flexibility index (Phi) is 10.4. The number of benzene rings is 1. The molecule has 1 fully saturated rings. The number of epoxide rings is 1. The molecule has 5 heteroatoms. The van der Waals surface area contributed by atoms with Gasteiger partial charge in [-0.15, -0.1) is 0 Å². The quantitative estimate of drug-likeness (QED) is 0.260. The first-order chi connectivity index (χ1) is 16.0. The Morgan fingerprint density at radius 3 is 2.47 bits per heavy atom. The topological polar surface area (TPSA) is 68.3 Å². The van der Waals surface area contributed by atoms with Gasteiger partial charge in [-0.3, -0.25) is 4.79 Å². The summed E-state index contributed by atoms with van der Waals surface area (Å²) >= 11 is 0. The molecule has 0 saturated carbocycles. The number of hydrogen-bond donors (Lipinski definition) is 1. The van der Waals surface area contributed by atoms with Crippen LogP contribution in [0.4, 0.5) is 0 Å². The van der Waals surface area contributed by atoms with Crippen LogP contribution in [0.3, 0.4) is 0 Å². The van der Waals surface area contributed by atoms with Crippen molar-refractivity contribution in [1.29, 1.82) is 0 Å². The number of aliphatic hydroxyl groups excluding tert-OH is 1. The predicted molar refractivity (Wildman–Crippen MR) is 138 cm³/mol. The Balaban J connectivity index is 1.79. The minimum atomic E-state index is -0.515. The van der Waals surface area contributed by atoms with Crippen molar-refractivity contribution in [3.05, 3.63) is 46.6 Å². The highest BCUT2D eigenvalue weighted by atomic mass is 16.6. The third-order valence-electron chi connectivity index (χ3n) is 6.75. The largest absolute Gasteiger partial charge is 0.497 e. The number of aryl methyl sites for hydroxylation is 1. The van der Waals surface area contributed by atoms with Crippen molar-refractivity contribution in [3.8, 4) is 11.5 Å². The molecule has 1 aliphatic heterocycles. The van der Waals surface area contributed by atoms with Crippen LogP contribution in [0.25, 0.3) is 0 Å². The Morgan fingerprint density at radius 1 is 1.21 bits per heavy atom. The van der Waals surface area contributed by atoms with Crippen LogP contribution < -0.4 is 9.47 Å². The predicted octanol–water partition coefficient (Wildman–Crippen LogP) is 6.14. The van der Waals surface area contributed by atoms with E-state index in [1.807, 2.05) is 52.8 Å². The normalized spacial score (nSPS) is 19.5. The summed E-state index contributed by atoms with van der Waals surface area (Å²) in [6.45, 7) is 12.2. The van der Waals surface area contributed by atoms with E-state index in [1.54, 1.807) is 14.2 Å². The third kappa shape index (κ3) is 8.59. The molecule has 1 heterocycles. The molecule has 34 heavy (non-hydrogen) atoms. The molecule has 1 N–H and O–H groups in total. The van der Waals surface area contributed by atoms with Crippen LogP contribution in [0.2, 0.25) is 0 Å². The molecule has 0 bridgehead atoms. The monoisotopic (exact) mass is 472 g/mol. The summed E-state index contributed by atoms with van der Waals surface area (Å²) in [7, 11) is 3.35. The number of allylic oxidation sites excluding steroid dienone is 2. The van der Waals surface area contributed by atoms with Gasteiger partial charge in [0.25, 0.3) is 0 Å². The number of methoxy groups -OCH3 is 2. The number of rotatable bonds is 14. The van der Waals surface area contributed by atoms with Gasteiger partial charge < -0.3 is 19.3 Å². The molecular weight excluding hydrogens is 428 g/mol. The summed E-state index contributed by atoms with van der Waals surface area (Å²) in [5, 5.41) is 10.5. The molecule has 5 nitrogen and oxygen atoms in total. The van der Waals surface area contributed by atoms with Crippen LogP contribution in [-0.2, 0) is 16.0 Å². The van der Waals surface area contributed by atoms with E-state index in [1.165, 1.54) is 0 Å². The minimum absolute atomic E-state index is 0.0557. The molecule has 0 spiro atoms. The fourth-order valence-corrected chi connectivity index (χ4v) is 4.39. The molecule has 1 saturated heterocycles. The maximum Gasteiger partial charge on any atom is 0.138 e. The van der Waals surface area contributed by atoms with Crippen molar-refractivity contribution in [2.45, 2.75) is 97.9 Å². The van der Waals surface area contributed by atoms with Crippen LogP contribution >= 0.6 is 0 Å². The van der Waals surface area contributed by atoms with E-state index < -0.39 is 6.10 Å². The van der Waals surface area contributed by atoms with Crippen LogP contribution in [0, 0.1) is 12.8 Å². The molecule has 0 aromatic heterocycles. The fourth-order valence-electron chi connectivity index (χ4n) is 4.39. The highest BCUT2D eigenvalue weighted by Crippen LogP contribution is 2.38. The molecule has 2 rings (SSSR count). The average Bonchev–Trinajstić information content (AvgIpc) is 3.36. The van der Waals surface area contributed by atoms with Gasteiger partial charge in [0.1, 0.15) is 17.3 Å². The standard InChI is InChI=1S/C29H44O5/c1-19(10-9-11-21(3)26(31)18-27-29(5,6)34-27)14-24(30)15-20(2)12-13-23-17-25(32-7)16-22(4)28(23)33-8/h12,14,16-17,21,24,27,30H,9-11,13,15,18H2,1-8H3/t21-,24+,27+/m1/s1. The lowest BCUT2D eigenvalue weighted by Gasteiger charge is -2.13. The van der Waals surface area contributed by atoms with E-state index in [0.29, 0.717) is 18.6 Å². The highest BCUT2D eigenvalue weighted by Gasteiger charge is 2.48. The first kappa shape index (κ1) is 28.1. The Labute approximate surface area is 206 Å². The summed E-state index contributed by atoms with van der Waals surface area (Å²) in [4.78, 5) is 12.4. The lowest BCUT2D eigenvalue weighted by Crippen LogP contribution is -2.16. The minimum Gasteiger partial charge on any atom is -0.497 e. The molecule has 1 aromatic carbocycles. The SMILES string of the molecule is COc1cc(C)c(OC)c(CC=C(C)C[C@@H](O)C=C(C)CCC[C@@H](C)C(=O)C[C@@H]2OC2(C)C)c1. The summed E-state index contributed by atoms with van der Waals surface area (Å²) in [6, 6.07) is 3.97. The van der Waals surface area contributed by atoms with Gasteiger partial charge in [-0.2, -0.15) is 0 Å². The van der Waals surface area contributed by atoms with Crippen LogP contribution in [-0.4, -0.2) is 42.9 Å².